The van der Waals surface area contributed by atoms with Gasteiger partial charge in [-0.3, -0.25) is 4.79 Å². The van der Waals surface area contributed by atoms with Gasteiger partial charge in [-0.2, -0.15) is 0 Å². The first-order valence-electron chi connectivity index (χ1n) is 6.18. The molecule has 2 N–H and O–H groups in total. The first kappa shape index (κ1) is 14.5. The summed E-state index contributed by atoms with van der Waals surface area (Å²) in [6, 6.07) is 9.77. The number of hydrogen-bond acceptors (Lipinski definition) is 5. The van der Waals surface area contributed by atoms with Gasteiger partial charge in [-0.25, -0.2) is 9.97 Å². The van der Waals surface area contributed by atoms with Crippen molar-refractivity contribution in [1.82, 2.24) is 9.97 Å². The second-order valence-corrected chi connectivity index (χ2v) is 5.14. The van der Waals surface area contributed by atoms with Crippen LogP contribution in [0.25, 0.3) is 0 Å². The average molecular weight is 335 g/mol. The molecule has 0 aliphatic rings. The van der Waals surface area contributed by atoms with Gasteiger partial charge >= 0.3 is 0 Å². The summed E-state index contributed by atoms with van der Waals surface area (Å²) >= 11 is 3.50. The summed E-state index contributed by atoms with van der Waals surface area (Å²) in [7, 11) is 0. The molecular formula is C14H15BrN4O. The number of carbonyl (C=O) groups is 1. The molecule has 0 saturated carbocycles. The predicted molar refractivity (Wildman–Crippen MR) is 82.7 cm³/mol. The summed E-state index contributed by atoms with van der Waals surface area (Å²) in [4.78, 5) is 19.1. The SMILES string of the molecule is CC(=O)CNc1cc(NCc2ccccc2Br)ncn1. The van der Waals surface area contributed by atoms with Crippen LogP contribution in [0.5, 0.6) is 0 Å². The first-order valence-corrected chi connectivity index (χ1v) is 6.97. The van der Waals surface area contributed by atoms with E-state index < -0.39 is 0 Å². The topological polar surface area (TPSA) is 66.9 Å². The number of halogens is 1. The van der Waals surface area contributed by atoms with Crippen LogP contribution in [0.4, 0.5) is 11.6 Å². The van der Waals surface area contributed by atoms with E-state index in [1.165, 1.54) is 13.3 Å². The van der Waals surface area contributed by atoms with Crippen LogP contribution in [0.1, 0.15) is 12.5 Å². The third-order valence-corrected chi connectivity index (χ3v) is 3.38. The van der Waals surface area contributed by atoms with Gasteiger partial charge in [0.25, 0.3) is 0 Å². The quantitative estimate of drug-likeness (QED) is 0.850. The maximum absolute atomic E-state index is 10.9. The average Bonchev–Trinajstić information content (AvgIpc) is 2.45. The number of hydrogen-bond donors (Lipinski definition) is 2. The first-order chi connectivity index (χ1) is 9.65. The Morgan fingerprint density at radius 2 is 1.90 bits per heavy atom. The minimum absolute atomic E-state index is 0.0614. The normalized spacial score (nSPS) is 10.1. The molecule has 0 radical (unpaired) electrons. The van der Waals surface area contributed by atoms with Gasteiger partial charge < -0.3 is 10.6 Å². The molecular weight excluding hydrogens is 320 g/mol. The summed E-state index contributed by atoms with van der Waals surface area (Å²) in [6.07, 6.45) is 1.46. The Labute approximate surface area is 126 Å². The molecule has 20 heavy (non-hydrogen) atoms. The van der Waals surface area contributed by atoms with Gasteiger partial charge in [-0.15, -0.1) is 0 Å². The lowest BCUT2D eigenvalue weighted by Gasteiger charge is -2.09. The maximum atomic E-state index is 10.9. The fraction of sp³-hybridized carbons (Fsp3) is 0.214. The third kappa shape index (κ3) is 4.31. The van der Waals surface area contributed by atoms with Crippen molar-refractivity contribution in [3.8, 4) is 0 Å². The molecule has 0 fully saturated rings. The highest BCUT2D eigenvalue weighted by Crippen LogP contribution is 2.17. The van der Waals surface area contributed by atoms with E-state index in [1.54, 1.807) is 6.07 Å². The standard InChI is InChI=1S/C14H15BrN4O/c1-10(20)7-16-13-6-14(19-9-18-13)17-8-11-4-2-3-5-12(11)15/h2-6,9H,7-8H2,1H3,(H2,16,17,18,19). The van der Waals surface area contributed by atoms with Gasteiger partial charge in [0.1, 0.15) is 23.7 Å². The lowest BCUT2D eigenvalue weighted by atomic mass is 10.2. The summed E-state index contributed by atoms with van der Waals surface area (Å²) in [5.74, 6) is 1.40. The number of ketones is 1. The Bertz CT molecular complexity index is 603. The predicted octanol–water partition coefficient (Wildman–Crippen LogP) is 2.85. The molecule has 0 aliphatic heterocycles. The van der Waals surface area contributed by atoms with Crippen molar-refractivity contribution in [1.29, 1.82) is 0 Å². The van der Waals surface area contributed by atoms with Gasteiger partial charge in [0.05, 0.1) is 6.54 Å². The molecule has 0 aliphatic carbocycles. The number of carbonyl (C=O) groups excluding carboxylic acids is 1. The van der Waals surface area contributed by atoms with Crippen molar-refractivity contribution in [2.75, 3.05) is 17.2 Å². The van der Waals surface area contributed by atoms with Crippen molar-refractivity contribution >= 4 is 33.3 Å². The Kier molecular flexibility index (Phi) is 5.06. The van der Waals surface area contributed by atoms with Gasteiger partial charge in [0.15, 0.2) is 0 Å². The smallest absolute Gasteiger partial charge is 0.148 e. The fourth-order valence-corrected chi connectivity index (χ4v) is 2.02. The van der Waals surface area contributed by atoms with Crippen LogP contribution in [0.3, 0.4) is 0 Å². The number of anilines is 2. The van der Waals surface area contributed by atoms with Crippen LogP contribution >= 0.6 is 15.9 Å². The largest absolute Gasteiger partial charge is 0.366 e. The molecule has 0 saturated heterocycles. The molecule has 1 heterocycles. The van der Waals surface area contributed by atoms with Crippen LogP contribution in [0.2, 0.25) is 0 Å². The van der Waals surface area contributed by atoms with E-state index >= 15 is 0 Å². The second kappa shape index (κ2) is 7.00. The molecule has 104 valence electrons. The minimum Gasteiger partial charge on any atom is -0.366 e. The molecule has 5 nitrogen and oxygen atoms in total. The number of nitrogens with one attached hydrogen (secondary N) is 2. The highest BCUT2D eigenvalue weighted by atomic mass is 79.9. The van der Waals surface area contributed by atoms with Crippen molar-refractivity contribution in [2.24, 2.45) is 0 Å². The van der Waals surface area contributed by atoms with Crippen LogP contribution < -0.4 is 10.6 Å². The fourth-order valence-electron chi connectivity index (χ4n) is 1.59. The zero-order valence-corrected chi connectivity index (χ0v) is 12.6. The molecule has 0 bridgehead atoms. The summed E-state index contributed by atoms with van der Waals surface area (Å²) in [6.45, 7) is 2.45. The van der Waals surface area contributed by atoms with Crippen molar-refractivity contribution < 1.29 is 4.79 Å². The van der Waals surface area contributed by atoms with Crippen molar-refractivity contribution in [2.45, 2.75) is 13.5 Å². The monoisotopic (exact) mass is 334 g/mol. The van der Waals surface area contributed by atoms with E-state index in [4.69, 9.17) is 0 Å². The van der Waals surface area contributed by atoms with E-state index in [0.717, 1.165) is 10.0 Å². The van der Waals surface area contributed by atoms with E-state index in [9.17, 15) is 4.79 Å². The molecule has 0 atom stereocenters. The highest BCUT2D eigenvalue weighted by molar-refractivity contribution is 9.10. The van der Waals surface area contributed by atoms with E-state index in [0.29, 0.717) is 18.2 Å². The molecule has 0 spiro atoms. The third-order valence-electron chi connectivity index (χ3n) is 2.60. The zero-order valence-electron chi connectivity index (χ0n) is 11.1. The highest BCUT2D eigenvalue weighted by Gasteiger charge is 2.02. The molecule has 0 unspecified atom stereocenters. The minimum atomic E-state index is 0.0614. The van der Waals surface area contributed by atoms with E-state index in [1.807, 2.05) is 24.3 Å². The van der Waals surface area contributed by atoms with Crippen LogP contribution in [-0.2, 0) is 11.3 Å². The molecule has 6 heteroatoms. The molecule has 2 rings (SSSR count). The zero-order chi connectivity index (χ0) is 14.4. The Morgan fingerprint density at radius 1 is 1.20 bits per heavy atom. The van der Waals surface area contributed by atoms with Crippen molar-refractivity contribution in [3.63, 3.8) is 0 Å². The number of benzene rings is 1. The lowest BCUT2D eigenvalue weighted by molar-refractivity contribution is -0.115. The molecule has 2 aromatic rings. The lowest BCUT2D eigenvalue weighted by Crippen LogP contribution is -2.11. The number of aromatic nitrogens is 2. The second-order valence-electron chi connectivity index (χ2n) is 4.29. The number of Topliss-reactive ketones (excluding diaryl/α,β-unsaturated/α-hetero) is 1. The number of nitrogens with zero attached hydrogens (tertiary/aromatic N) is 2. The number of rotatable bonds is 6. The summed E-state index contributed by atoms with van der Waals surface area (Å²) in [5.41, 5.74) is 1.14. The molecule has 1 aromatic carbocycles. The van der Waals surface area contributed by atoms with Crippen LogP contribution in [-0.4, -0.2) is 22.3 Å². The summed E-state index contributed by atoms with van der Waals surface area (Å²) < 4.78 is 1.05. The Balaban J connectivity index is 1.98. The van der Waals surface area contributed by atoms with E-state index in [-0.39, 0.29) is 12.3 Å². The van der Waals surface area contributed by atoms with Gasteiger partial charge in [-0.05, 0) is 18.6 Å². The molecule has 0 amide bonds. The van der Waals surface area contributed by atoms with Crippen molar-refractivity contribution in [3.05, 3.63) is 46.7 Å². The Morgan fingerprint density at radius 3 is 2.60 bits per heavy atom. The summed E-state index contributed by atoms with van der Waals surface area (Å²) in [5, 5.41) is 6.17. The Hall–Kier alpha value is -1.95. The van der Waals surface area contributed by atoms with E-state index in [2.05, 4.69) is 36.5 Å². The van der Waals surface area contributed by atoms with Gasteiger partial charge in [0, 0.05) is 17.1 Å². The molecule has 1 aromatic heterocycles. The van der Waals surface area contributed by atoms with Gasteiger partial charge in [0.2, 0.25) is 0 Å². The van der Waals surface area contributed by atoms with Gasteiger partial charge in [-0.1, -0.05) is 34.1 Å². The van der Waals surface area contributed by atoms with Crippen LogP contribution in [0, 0.1) is 0 Å². The van der Waals surface area contributed by atoms with Crippen LogP contribution in [0.15, 0.2) is 41.1 Å². The maximum Gasteiger partial charge on any atom is 0.148 e.